The maximum Gasteiger partial charge on any atom is 0.416 e. The van der Waals surface area contributed by atoms with Gasteiger partial charge >= 0.3 is 6.18 Å². The van der Waals surface area contributed by atoms with E-state index in [0.717, 1.165) is 22.5 Å². The SMILES string of the molecule is Cc1ccc2c3ccc(C(F)(F)F)cc3n(-c3ccc(-c4nc(C)nc(C)n4)cc3-c3nc(C)nc(C)n3)c2c1. The van der Waals surface area contributed by atoms with Crippen molar-refractivity contribution < 1.29 is 13.2 Å². The highest BCUT2D eigenvalue weighted by atomic mass is 19.4. The van der Waals surface area contributed by atoms with Gasteiger partial charge < -0.3 is 4.57 Å². The van der Waals surface area contributed by atoms with E-state index in [4.69, 9.17) is 0 Å². The number of fused-ring (bicyclic) bond motifs is 3. The standard InChI is InChI=1S/C30H24F3N7/c1-15-6-9-22-23-10-8-21(30(31,32)33)14-27(23)40(26(22)12-15)25-11-7-20(28-36-16(2)34-17(3)37-28)13-24(25)29-38-18(4)35-19(5)39-29/h6-14H,1-5H3. The van der Waals surface area contributed by atoms with Gasteiger partial charge in [0.2, 0.25) is 0 Å². The average molecular weight is 540 g/mol. The molecule has 3 aromatic carbocycles. The molecule has 0 N–H and O–H groups in total. The summed E-state index contributed by atoms with van der Waals surface area (Å²) in [5, 5.41) is 1.56. The molecule has 0 radical (unpaired) electrons. The summed E-state index contributed by atoms with van der Waals surface area (Å²) in [7, 11) is 0. The molecular formula is C30H24F3N7. The van der Waals surface area contributed by atoms with Crippen LogP contribution in [0.5, 0.6) is 0 Å². The number of nitrogens with zero attached hydrogens (tertiary/aromatic N) is 7. The number of hydrogen-bond acceptors (Lipinski definition) is 6. The van der Waals surface area contributed by atoms with Gasteiger partial charge in [0, 0.05) is 21.9 Å². The summed E-state index contributed by atoms with van der Waals surface area (Å²) in [5.41, 5.74) is 3.41. The molecule has 0 unspecified atom stereocenters. The quantitative estimate of drug-likeness (QED) is 0.240. The molecule has 7 nitrogen and oxygen atoms in total. The molecule has 0 aliphatic heterocycles. The summed E-state index contributed by atoms with van der Waals surface area (Å²) < 4.78 is 43.4. The third kappa shape index (κ3) is 4.45. The van der Waals surface area contributed by atoms with Crippen molar-refractivity contribution in [2.45, 2.75) is 40.8 Å². The summed E-state index contributed by atoms with van der Waals surface area (Å²) in [6.45, 7) is 9.10. The lowest BCUT2D eigenvalue weighted by molar-refractivity contribution is -0.137. The second-order valence-corrected chi connectivity index (χ2v) is 9.82. The van der Waals surface area contributed by atoms with Gasteiger partial charge in [-0.3, -0.25) is 0 Å². The number of aryl methyl sites for hydroxylation is 5. The molecule has 0 fully saturated rings. The lowest BCUT2D eigenvalue weighted by Gasteiger charge is -2.16. The fourth-order valence-electron chi connectivity index (χ4n) is 5.09. The monoisotopic (exact) mass is 539 g/mol. The molecular weight excluding hydrogens is 515 g/mol. The lowest BCUT2D eigenvalue weighted by atomic mass is 10.1. The molecule has 3 heterocycles. The van der Waals surface area contributed by atoms with Crippen LogP contribution < -0.4 is 0 Å². The third-order valence-corrected chi connectivity index (χ3v) is 6.70. The van der Waals surface area contributed by atoms with Crippen LogP contribution in [0.2, 0.25) is 0 Å². The van der Waals surface area contributed by atoms with Crippen LogP contribution in [0.3, 0.4) is 0 Å². The number of aromatic nitrogens is 7. The van der Waals surface area contributed by atoms with E-state index in [9.17, 15) is 13.2 Å². The number of rotatable bonds is 3. The largest absolute Gasteiger partial charge is 0.416 e. The van der Waals surface area contributed by atoms with Crippen LogP contribution in [0.25, 0.3) is 50.3 Å². The van der Waals surface area contributed by atoms with Crippen molar-refractivity contribution in [3.63, 3.8) is 0 Å². The van der Waals surface area contributed by atoms with Crippen LogP contribution in [-0.2, 0) is 6.18 Å². The highest BCUT2D eigenvalue weighted by Gasteiger charge is 2.31. The summed E-state index contributed by atoms with van der Waals surface area (Å²) in [6.07, 6.45) is -4.49. The van der Waals surface area contributed by atoms with Crippen molar-refractivity contribution in [3.05, 3.63) is 89.0 Å². The van der Waals surface area contributed by atoms with Gasteiger partial charge in [0.1, 0.15) is 23.3 Å². The molecule has 0 aliphatic carbocycles. The zero-order valence-corrected chi connectivity index (χ0v) is 22.5. The molecule has 0 aliphatic rings. The zero-order chi connectivity index (χ0) is 28.3. The zero-order valence-electron chi connectivity index (χ0n) is 22.5. The molecule has 10 heteroatoms. The lowest BCUT2D eigenvalue weighted by Crippen LogP contribution is -2.06. The van der Waals surface area contributed by atoms with E-state index in [0.29, 0.717) is 62.7 Å². The molecule has 40 heavy (non-hydrogen) atoms. The van der Waals surface area contributed by atoms with Gasteiger partial charge in [-0.1, -0.05) is 18.2 Å². The Balaban J connectivity index is 1.73. The predicted molar refractivity (Wildman–Crippen MR) is 147 cm³/mol. The maximum absolute atomic E-state index is 13.9. The van der Waals surface area contributed by atoms with Crippen LogP contribution in [0, 0.1) is 34.6 Å². The van der Waals surface area contributed by atoms with Gasteiger partial charge in [0.15, 0.2) is 11.6 Å². The van der Waals surface area contributed by atoms with E-state index in [-0.39, 0.29) is 0 Å². The van der Waals surface area contributed by atoms with Crippen LogP contribution in [0.1, 0.15) is 34.4 Å². The topological polar surface area (TPSA) is 82.3 Å². The highest BCUT2D eigenvalue weighted by Crippen LogP contribution is 2.40. The fraction of sp³-hybridized carbons (Fsp3) is 0.200. The molecule has 0 atom stereocenters. The van der Waals surface area contributed by atoms with Crippen molar-refractivity contribution in [1.29, 1.82) is 0 Å². The Bertz CT molecular complexity index is 1920. The van der Waals surface area contributed by atoms with E-state index < -0.39 is 11.7 Å². The molecule has 0 amide bonds. The first-order chi connectivity index (χ1) is 19.0. The smallest absolute Gasteiger partial charge is 0.308 e. The minimum atomic E-state index is -4.49. The second-order valence-electron chi connectivity index (χ2n) is 9.82. The summed E-state index contributed by atoms with van der Waals surface area (Å²) in [4.78, 5) is 26.8. The van der Waals surface area contributed by atoms with Crippen LogP contribution in [0.4, 0.5) is 13.2 Å². The Morgan fingerprint density at radius 3 is 1.73 bits per heavy atom. The number of halogens is 3. The molecule has 0 saturated heterocycles. The van der Waals surface area contributed by atoms with Crippen LogP contribution in [0.15, 0.2) is 54.6 Å². The summed E-state index contributed by atoms with van der Waals surface area (Å²) in [5.74, 6) is 3.11. The molecule has 3 aromatic heterocycles. The van der Waals surface area contributed by atoms with Crippen molar-refractivity contribution in [2.24, 2.45) is 0 Å². The Hall–Kier alpha value is -4.73. The summed E-state index contributed by atoms with van der Waals surface area (Å²) in [6, 6.07) is 15.3. The molecule has 0 saturated carbocycles. The van der Waals surface area contributed by atoms with E-state index in [2.05, 4.69) is 29.9 Å². The Morgan fingerprint density at radius 2 is 1.12 bits per heavy atom. The van der Waals surface area contributed by atoms with Gasteiger partial charge in [0.25, 0.3) is 0 Å². The van der Waals surface area contributed by atoms with Crippen LogP contribution >= 0.6 is 0 Å². The van der Waals surface area contributed by atoms with Crippen LogP contribution in [-0.4, -0.2) is 34.5 Å². The third-order valence-electron chi connectivity index (χ3n) is 6.70. The van der Waals surface area contributed by atoms with E-state index >= 15 is 0 Å². The minimum Gasteiger partial charge on any atom is -0.308 e. The van der Waals surface area contributed by atoms with Gasteiger partial charge in [-0.15, -0.1) is 0 Å². The fourth-order valence-corrected chi connectivity index (χ4v) is 5.09. The summed E-state index contributed by atoms with van der Waals surface area (Å²) >= 11 is 0. The molecule has 6 aromatic rings. The predicted octanol–water partition coefficient (Wildman–Crippen LogP) is 7.05. The molecule has 200 valence electrons. The first kappa shape index (κ1) is 25.5. The van der Waals surface area contributed by atoms with Gasteiger partial charge in [0.05, 0.1) is 22.3 Å². The van der Waals surface area contributed by atoms with E-state index in [1.54, 1.807) is 27.7 Å². The van der Waals surface area contributed by atoms with E-state index in [1.807, 2.05) is 47.9 Å². The van der Waals surface area contributed by atoms with Crippen molar-refractivity contribution in [2.75, 3.05) is 0 Å². The van der Waals surface area contributed by atoms with E-state index in [1.165, 1.54) is 12.1 Å². The molecule has 0 spiro atoms. The van der Waals surface area contributed by atoms with Gasteiger partial charge in [-0.25, -0.2) is 29.9 Å². The first-order valence-electron chi connectivity index (χ1n) is 12.6. The number of alkyl halides is 3. The maximum atomic E-state index is 13.9. The van der Waals surface area contributed by atoms with Crippen molar-refractivity contribution in [3.8, 4) is 28.5 Å². The minimum absolute atomic E-state index is 0.402. The normalized spacial score (nSPS) is 12.0. The van der Waals surface area contributed by atoms with Gasteiger partial charge in [-0.2, -0.15) is 13.2 Å². The Morgan fingerprint density at radius 1 is 0.575 bits per heavy atom. The second kappa shape index (κ2) is 9.18. The van der Waals surface area contributed by atoms with Gasteiger partial charge in [-0.05, 0) is 76.6 Å². The highest BCUT2D eigenvalue weighted by molar-refractivity contribution is 6.10. The first-order valence-corrected chi connectivity index (χ1v) is 12.6. The number of hydrogen-bond donors (Lipinski definition) is 0. The molecule has 0 bridgehead atoms. The van der Waals surface area contributed by atoms with Crippen molar-refractivity contribution >= 4 is 21.8 Å². The van der Waals surface area contributed by atoms with Crippen molar-refractivity contribution in [1.82, 2.24) is 34.5 Å². The Labute approximate surface area is 227 Å². The number of benzene rings is 3. The average Bonchev–Trinajstić information content (AvgIpc) is 3.19. The molecule has 6 rings (SSSR count). The Kier molecular flexibility index (Phi) is 5.86.